The monoisotopic (exact) mass is 342 g/mol. The van der Waals surface area contributed by atoms with Crippen LogP contribution in [-0.2, 0) is 22.6 Å². The minimum atomic E-state index is -0.599. The first-order chi connectivity index (χ1) is 11.9. The van der Waals surface area contributed by atoms with Crippen LogP contribution < -0.4 is 5.32 Å². The molecule has 0 spiro atoms. The van der Waals surface area contributed by atoms with Crippen molar-refractivity contribution >= 4 is 11.8 Å². The van der Waals surface area contributed by atoms with Crippen molar-refractivity contribution in [1.82, 2.24) is 10.2 Å². The van der Waals surface area contributed by atoms with Crippen LogP contribution >= 0.6 is 0 Å². The van der Waals surface area contributed by atoms with Gasteiger partial charge in [0.05, 0.1) is 6.42 Å². The Bertz CT molecular complexity index is 744. The molecule has 1 atom stereocenters. The van der Waals surface area contributed by atoms with Gasteiger partial charge in [0.15, 0.2) is 0 Å². The molecule has 1 unspecified atom stereocenters. The van der Waals surface area contributed by atoms with Crippen molar-refractivity contribution in [3.05, 3.63) is 71.0 Å². The maximum Gasteiger partial charge on any atom is 0.242 e. The molecule has 0 fully saturated rings. The number of aryl methyl sites for hydroxylation is 1. The molecule has 2 aromatic carbocycles. The second-order valence-corrected chi connectivity index (χ2v) is 6.04. The molecule has 5 heteroatoms. The van der Waals surface area contributed by atoms with Gasteiger partial charge in [0.1, 0.15) is 11.9 Å². The van der Waals surface area contributed by atoms with Gasteiger partial charge >= 0.3 is 0 Å². The zero-order chi connectivity index (χ0) is 18.4. The number of hydrogen-bond acceptors (Lipinski definition) is 2. The normalized spacial score (nSPS) is 11.7. The third-order valence-electron chi connectivity index (χ3n) is 4.28. The Labute approximate surface area is 147 Å². The van der Waals surface area contributed by atoms with Crippen molar-refractivity contribution < 1.29 is 14.0 Å². The van der Waals surface area contributed by atoms with Crippen LogP contribution in [0.3, 0.4) is 0 Å². The van der Waals surface area contributed by atoms with Crippen molar-refractivity contribution in [3.63, 3.8) is 0 Å². The number of likely N-dealkylation sites (N-methyl/N-ethyl adjacent to an activating group) is 1. The summed E-state index contributed by atoms with van der Waals surface area (Å²) in [6.45, 7) is 4.03. The van der Waals surface area contributed by atoms with Gasteiger partial charge in [-0.2, -0.15) is 0 Å². The quantitative estimate of drug-likeness (QED) is 0.878. The highest BCUT2D eigenvalue weighted by Gasteiger charge is 2.25. The molecule has 0 saturated heterocycles. The molecule has 0 aliphatic heterocycles. The number of hydrogen-bond donors (Lipinski definition) is 1. The van der Waals surface area contributed by atoms with Gasteiger partial charge in [0.2, 0.25) is 11.8 Å². The van der Waals surface area contributed by atoms with Crippen LogP contribution in [0.4, 0.5) is 4.39 Å². The van der Waals surface area contributed by atoms with E-state index in [9.17, 15) is 14.0 Å². The summed E-state index contributed by atoms with van der Waals surface area (Å²) >= 11 is 0. The van der Waals surface area contributed by atoms with Crippen LogP contribution in [0.2, 0.25) is 0 Å². The highest BCUT2D eigenvalue weighted by molar-refractivity contribution is 5.88. The molecule has 0 saturated carbocycles. The van der Waals surface area contributed by atoms with Crippen molar-refractivity contribution in [2.24, 2.45) is 0 Å². The van der Waals surface area contributed by atoms with Gasteiger partial charge in [-0.1, -0.05) is 36.4 Å². The minimum absolute atomic E-state index is 0.119. The Morgan fingerprint density at radius 2 is 1.76 bits per heavy atom. The first-order valence-corrected chi connectivity index (χ1v) is 8.22. The Morgan fingerprint density at radius 1 is 1.12 bits per heavy atom. The topological polar surface area (TPSA) is 49.4 Å². The van der Waals surface area contributed by atoms with Crippen LogP contribution in [0, 0.1) is 12.7 Å². The van der Waals surface area contributed by atoms with Gasteiger partial charge in [-0.3, -0.25) is 9.59 Å². The van der Waals surface area contributed by atoms with Crippen LogP contribution in [0.1, 0.15) is 23.6 Å². The lowest BCUT2D eigenvalue weighted by molar-refractivity contribution is -0.139. The molecule has 0 aliphatic rings. The summed E-state index contributed by atoms with van der Waals surface area (Å²) in [7, 11) is 1.55. The second kappa shape index (κ2) is 8.42. The van der Waals surface area contributed by atoms with Crippen molar-refractivity contribution in [2.45, 2.75) is 32.9 Å². The molecule has 1 N–H and O–H groups in total. The summed E-state index contributed by atoms with van der Waals surface area (Å²) in [5.74, 6) is -0.737. The maximum absolute atomic E-state index is 13.0. The summed E-state index contributed by atoms with van der Waals surface area (Å²) in [6, 6.07) is 13.0. The average molecular weight is 342 g/mol. The number of nitrogens with zero attached hydrogens (tertiary/aromatic N) is 1. The molecule has 0 aromatic heterocycles. The van der Waals surface area contributed by atoms with Crippen LogP contribution in [0.5, 0.6) is 0 Å². The first-order valence-electron chi connectivity index (χ1n) is 8.22. The minimum Gasteiger partial charge on any atom is -0.357 e. The second-order valence-electron chi connectivity index (χ2n) is 6.04. The third kappa shape index (κ3) is 4.89. The molecule has 0 radical (unpaired) electrons. The number of amides is 2. The number of rotatable bonds is 6. The lowest BCUT2D eigenvalue weighted by Gasteiger charge is -2.29. The molecule has 2 aromatic rings. The molecule has 0 heterocycles. The van der Waals surface area contributed by atoms with Gasteiger partial charge in [-0.25, -0.2) is 4.39 Å². The van der Waals surface area contributed by atoms with Gasteiger partial charge in [-0.15, -0.1) is 0 Å². The highest BCUT2D eigenvalue weighted by atomic mass is 19.1. The number of carbonyl (C=O) groups is 2. The summed E-state index contributed by atoms with van der Waals surface area (Å²) < 4.78 is 13.0. The van der Waals surface area contributed by atoms with E-state index in [-0.39, 0.29) is 24.1 Å². The van der Waals surface area contributed by atoms with Crippen LogP contribution in [0.25, 0.3) is 0 Å². The molecular weight excluding hydrogens is 319 g/mol. The number of nitrogens with one attached hydrogen (secondary N) is 1. The Morgan fingerprint density at radius 3 is 2.36 bits per heavy atom. The van der Waals surface area contributed by atoms with Gasteiger partial charge < -0.3 is 10.2 Å². The zero-order valence-electron chi connectivity index (χ0n) is 14.8. The molecule has 0 aliphatic carbocycles. The number of benzene rings is 2. The molecule has 25 heavy (non-hydrogen) atoms. The van der Waals surface area contributed by atoms with E-state index in [1.807, 2.05) is 31.2 Å². The Balaban J connectivity index is 2.23. The van der Waals surface area contributed by atoms with E-state index in [2.05, 4.69) is 5.32 Å². The largest absolute Gasteiger partial charge is 0.357 e. The fourth-order valence-corrected chi connectivity index (χ4v) is 2.64. The molecule has 2 amide bonds. The fourth-order valence-electron chi connectivity index (χ4n) is 2.64. The molecule has 4 nitrogen and oxygen atoms in total. The number of halogens is 1. The molecule has 0 bridgehead atoms. The predicted molar refractivity (Wildman–Crippen MR) is 95.4 cm³/mol. The molecule has 132 valence electrons. The van der Waals surface area contributed by atoms with Gasteiger partial charge in [0.25, 0.3) is 0 Å². The molecule has 2 rings (SSSR count). The standard InChI is InChI=1S/C20H23FN2O2/c1-14-6-4-5-7-17(14)13-23(15(2)20(25)22-3)19(24)12-16-8-10-18(21)11-9-16/h4-11,15H,12-13H2,1-3H3,(H,22,25). The third-order valence-corrected chi connectivity index (χ3v) is 4.28. The summed E-state index contributed by atoms with van der Waals surface area (Å²) in [5, 5.41) is 2.59. The van der Waals surface area contributed by atoms with Crippen LogP contribution in [0.15, 0.2) is 48.5 Å². The van der Waals surface area contributed by atoms with E-state index >= 15 is 0 Å². The van der Waals surface area contributed by atoms with Crippen molar-refractivity contribution in [2.75, 3.05) is 7.05 Å². The lowest BCUT2D eigenvalue weighted by atomic mass is 10.1. The SMILES string of the molecule is CNC(=O)C(C)N(Cc1ccccc1C)C(=O)Cc1ccc(F)cc1. The number of carbonyl (C=O) groups excluding carboxylic acids is 2. The van der Waals surface area contributed by atoms with Gasteiger partial charge in [-0.05, 0) is 42.7 Å². The average Bonchev–Trinajstić information content (AvgIpc) is 2.61. The van der Waals surface area contributed by atoms with Crippen molar-refractivity contribution in [3.8, 4) is 0 Å². The van der Waals surface area contributed by atoms with Gasteiger partial charge in [0, 0.05) is 13.6 Å². The summed E-state index contributed by atoms with van der Waals surface area (Å²) in [4.78, 5) is 26.5. The van der Waals surface area contributed by atoms with E-state index in [1.54, 1.807) is 31.0 Å². The van der Waals surface area contributed by atoms with E-state index in [4.69, 9.17) is 0 Å². The highest BCUT2D eigenvalue weighted by Crippen LogP contribution is 2.15. The van der Waals surface area contributed by atoms with Crippen LogP contribution in [-0.4, -0.2) is 29.8 Å². The fraction of sp³-hybridized carbons (Fsp3) is 0.300. The Kier molecular flexibility index (Phi) is 6.28. The first kappa shape index (κ1) is 18.6. The summed E-state index contributed by atoms with van der Waals surface area (Å²) in [5.41, 5.74) is 2.77. The lowest BCUT2D eigenvalue weighted by Crippen LogP contribution is -2.47. The zero-order valence-corrected chi connectivity index (χ0v) is 14.8. The van der Waals surface area contributed by atoms with E-state index in [0.717, 1.165) is 11.1 Å². The van der Waals surface area contributed by atoms with Crippen molar-refractivity contribution in [1.29, 1.82) is 0 Å². The maximum atomic E-state index is 13.0. The Hall–Kier alpha value is -2.69. The van der Waals surface area contributed by atoms with E-state index in [1.165, 1.54) is 12.1 Å². The molecular formula is C20H23FN2O2. The van der Waals surface area contributed by atoms with E-state index in [0.29, 0.717) is 12.1 Å². The summed E-state index contributed by atoms with van der Waals surface area (Å²) in [6.07, 6.45) is 0.119. The smallest absolute Gasteiger partial charge is 0.242 e. The van der Waals surface area contributed by atoms with E-state index < -0.39 is 6.04 Å². The predicted octanol–water partition coefficient (Wildman–Crippen LogP) is 2.84.